The van der Waals surface area contributed by atoms with Crippen LogP contribution in [0.3, 0.4) is 0 Å². The number of nitrogens with zero attached hydrogens (tertiary/aromatic N) is 3. The van der Waals surface area contributed by atoms with Gasteiger partial charge >= 0.3 is 12.3 Å². The molecule has 1 aromatic carbocycles. The van der Waals surface area contributed by atoms with Crippen molar-refractivity contribution in [3.8, 4) is 11.9 Å². The molecule has 2 heterocycles. The number of hydrogen-bond donors (Lipinski definition) is 2. The molecule has 0 saturated heterocycles. The molecule has 1 aromatic heterocycles. The summed E-state index contributed by atoms with van der Waals surface area (Å²) < 4.78 is 64.5. The van der Waals surface area contributed by atoms with E-state index in [0.717, 1.165) is 19.2 Å². The Morgan fingerprint density at radius 1 is 1.36 bits per heavy atom. The van der Waals surface area contributed by atoms with E-state index < -0.39 is 41.7 Å². The second-order valence-electron chi connectivity index (χ2n) is 7.42. The number of nitriles is 1. The fourth-order valence-electron chi connectivity index (χ4n) is 2.94. The first-order chi connectivity index (χ1) is 15.3. The highest BCUT2D eigenvalue weighted by atomic mass is 35.5. The monoisotopic (exact) mass is 485 g/mol. The number of amidine groups is 1. The van der Waals surface area contributed by atoms with Crippen molar-refractivity contribution in [2.24, 2.45) is 10.7 Å². The van der Waals surface area contributed by atoms with Gasteiger partial charge in [0.1, 0.15) is 28.3 Å². The molecular weight excluding hydrogens is 470 g/mol. The van der Waals surface area contributed by atoms with Crippen LogP contribution in [0.15, 0.2) is 35.5 Å². The first kappa shape index (κ1) is 24.2. The first-order valence-corrected chi connectivity index (χ1v) is 9.58. The van der Waals surface area contributed by atoms with E-state index in [0.29, 0.717) is 0 Å². The second-order valence-corrected chi connectivity index (χ2v) is 7.83. The molecule has 0 radical (unpaired) electrons. The summed E-state index contributed by atoms with van der Waals surface area (Å²) in [5, 5.41) is 11.1. The molecular formula is C20H16ClF4N5O3. The van der Waals surface area contributed by atoms with Crippen LogP contribution in [0.5, 0.6) is 5.88 Å². The van der Waals surface area contributed by atoms with Crippen LogP contribution >= 0.6 is 11.6 Å². The lowest BCUT2D eigenvalue weighted by molar-refractivity contribution is -0.249. The summed E-state index contributed by atoms with van der Waals surface area (Å²) >= 11 is 5.90. The quantitative estimate of drug-likeness (QED) is 0.626. The third-order valence-electron chi connectivity index (χ3n) is 4.96. The maximum absolute atomic E-state index is 14.6. The summed E-state index contributed by atoms with van der Waals surface area (Å²) in [6.07, 6.45) is -4.72. The zero-order chi connectivity index (χ0) is 24.6. The van der Waals surface area contributed by atoms with Gasteiger partial charge in [0.15, 0.2) is 0 Å². The fourth-order valence-corrected chi connectivity index (χ4v) is 3.14. The molecule has 0 spiro atoms. The predicted molar refractivity (Wildman–Crippen MR) is 109 cm³/mol. The normalized spacial score (nSPS) is 22.8. The van der Waals surface area contributed by atoms with Gasteiger partial charge in [0.25, 0.3) is 0 Å². The maximum atomic E-state index is 14.6. The number of alkyl halides is 3. The molecule has 0 fully saturated rings. The number of anilines is 1. The van der Waals surface area contributed by atoms with E-state index in [-0.39, 0.29) is 27.7 Å². The number of carbonyl (C=O) groups excluding carboxylic acids is 1. The van der Waals surface area contributed by atoms with Crippen molar-refractivity contribution in [1.29, 1.82) is 5.26 Å². The van der Waals surface area contributed by atoms with Gasteiger partial charge in [-0.1, -0.05) is 11.6 Å². The smallest absolute Gasteiger partial charge is 0.389 e. The fraction of sp³-hybridized carbons (Fsp3) is 0.300. The number of nitrogens with one attached hydrogen (secondary N) is 1. The minimum Gasteiger partial charge on any atom is -0.389 e. The molecule has 1 aliphatic heterocycles. The summed E-state index contributed by atoms with van der Waals surface area (Å²) in [5.74, 6) is -1.93. The highest BCUT2D eigenvalue weighted by Crippen LogP contribution is 2.41. The number of hydrogen-bond acceptors (Lipinski definition) is 7. The number of rotatable bonds is 3. The number of benzene rings is 1. The molecule has 33 heavy (non-hydrogen) atoms. The van der Waals surface area contributed by atoms with Crippen LogP contribution < -0.4 is 15.8 Å². The Kier molecular flexibility index (Phi) is 6.23. The lowest BCUT2D eigenvalue weighted by Crippen LogP contribution is -2.60. The third kappa shape index (κ3) is 4.69. The molecule has 8 nitrogen and oxygen atoms in total. The molecule has 3 N–H and O–H groups in total. The predicted octanol–water partition coefficient (Wildman–Crippen LogP) is 4.28. The standard InChI is InChI=1S/C20H16ClF4N5O3/c1-18(9-32-19(2,16(27)30-18)20(23,24)25)12-6-11(3-4-14(12)22)29-17(31)33-15-13(21)5-10(7-26)8-28-15/h3-6,8H,9H2,1-2H3,(H2,27,30)(H,29,31). The highest BCUT2D eigenvalue weighted by molar-refractivity contribution is 6.32. The van der Waals surface area contributed by atoms with Gasteiger partial charge in [0, 0.05) is 17.4 Å². The third-order valence-corrected chi connectivity index (χ3v) is 5.23. The Hall–Kier alpha value is -3.43. The summed E-state index contributed by atoms with van der Waals surface area (Å²) in [5.41, 5.74) is 1.18. The average Bonchev–Trinajstić information content (AvgIpc) is 2.73. The van der Waals surface area contributed by atoms with Gasteiger partial charge in [-0.3, -0.25) is 10.3 Å². The summed E-state index contributed by atoms with van der Waals surface area (Å²) in [6, 6.07) is 6.43. The number of aliphatic imine (C=N–C) groups is 1. The number of amides is 1. The van der Waals surface area contributed by atoms with Gasteiger partial charge in [-0.2, -0.15) is 18.4 Å². The minimum atomic E-state index is -4.83. The molecule has 0 saturated carbocycles. The number of ether oxygens (including phenoxy) is 2. The van der Waals surface area contributed by atoms with Crippen LogP contribution in [0.25, 0.3) is 0 Å². The first-order valence-electron chi connectivity index (χ1n) is 9.20. The topological polar surface area (TPSA) is 123 Å². The number of aromatic nitrogens is 1. The largest absolute Gasteiger partial charge is 0.424 e. The van der Waals surface area contributed by atoms with E-state index in [1.54, 1.807) is 0 Å². The van der Waals surface area contributed by atoms with Crippen LogP contribution in [-0.4, -0.2) is 35.3 Å². The molecule has 2 atom stereocenters. The summed E-state index contributed by atoms with van der Waals surface area (Å²) in [6.45, 7) is 1.45. The van der Waals surface area contributed by atoms with E-state index in [1.807, 2.05) is 6.07 Å². The Morgan fingerprint density at radius 3 is 2.64 bits per heavy atom. The molecule has 1 aliphatic rings. The number of nitrogens with two attached hydrogens (primary N) is 1. The Labute approximate surface area is 190 Å². The van der Waals surface area contributed by atoms with Crippen LogP contribution in [0.4, 0.5) is 28.0 Å². The summed E-state index contributed by atoms with van der Waals surface area (Å²) in [4.78, 5) is 19.8. The van der Waals surface area contributed by atoms with Gasteiger partial charge < -0.3 is 15.2 Å². The van der Waals surface area contributed by atoms with Crippen molar-refractivity contribution in [3.63, 3.8) is 0 Å². The second kappa shape index (κ2) is 8.49. The molecule has 2 unspecified atom stereocenters. The van der Waals surface area contributed by atoms with E-state index in [2.05, 4.69) is 15.3 Å². The molecule has 1 amide bonds. The van der Waals surface area contributed by atoms with E-state index in [1.165, 1.54) is 25.1 Å². The van der Waals surface area contributed by atoms with E-state index in [4.69, 9.17) is 32.1 Å². The molecule has 13 heteroatoms. The van der Waals surface area contributed by atoms with Crippen molar-refractivity contribution in [2.75, 3.05) is 11.9 Å². The number of pyridine rings is 1. The summed E-state index contributed by atoms with van der Waals surface area (Å²) in [7, 11) is 0. The number of carbonyl (C=O) groups is 1. The van der Waals surface area contributed by atoms with Crippen molar-refractivity contribution < 1.29 is 31.8 Å². The van der Waals surface area contributed by atoms with Gasteiger partial charge in [-0.25, -0.2) is 14.2 Å². The molecule has 174 valence electrons. The molecule has 2 aromatic rings. The Balaban J connectivity index is 1.84. The molecule has 0 bridgehead atoms. The highest BCUT2D eigenvalue weighted by Gasteiger charge is 2.59. The molecule has 3 rings (SSSR count). The van der Waals surface area contributed by atoms with Gasteiger partial charge in [-0.15, -0.1) is 0 Å². The van der Waals surface area contributed by atoms with E-state index >= 15 is 0 Å². The van der Waals surface area contributed by atoms with Crippen LogP contribution in [0, 0.1) is 17.1 Å². The Bertz CT molecular complexity index is 1180. The Morgan fingerprint density at radius 2 is 2.06 bits per heavy atom. The van der Waals surface area contributed by atoms with Crippen molar-refractivity contribution in [2.45, 2.75) is 31.2 Å². The van der Waals surface area contributed by atoms with Crippen LogP contribution in [-0.2, 0) is 10.3 Å². The van der Waals surface area contributed by atoms with Crippen molar-refractivity contribution >= 4 is 29.2 Å². The van der Waals surface area contributed by atoms with Gasteiger partial charge in [-0.05, 0) is 38.1 Å². The van der Waals surface area contributed by atoms with Crippen LogP contribution in [0.1, 0.15) is 25.0 Å². The van der Waals surface area contributed by atoms with Crippen molar-refractivity contribution in [1.82, 2.24) is 4.98 Å². The SMILES string of the molecule is CC1(c2cc(NC(=O)Oc3ncc(C#N)cc3Cl)ccc2F)COC(C)(C(F)(F)F)C(N)=N1. The average molecular weight is 486 g/mol. The minimum absolute atomic E-state index is 0.0420. The van der Waals surface area contributed by atoms with Crippen LogP contribution in [0.2, 0.25) is 5.02 Å². The molecule has 0 aliphatic carbocycles. The lowest BCUT2D eigenvalue weighted by Gasteiger charge is -2.41. The zero-order valence-corrected chi connectivity index (χ0v) is 17.9. The van der Waals surface area contributed by atoms with E-state index in [9.17, 15) is 22.4 Å². The number of halogens is 5. The lowest BCUT2D eigenvalue weighted by atomic mass is 9.89. The van der Waals surface area contributed by atoms with Gasteiger partial charge in [0.05, 0.1) is 12.2 Å². The maximum Gasteiger partial charge on any atom is 0.424 e. The zero-order valence-electron chi connectivity index (χ0n) is 17.1. The van der Waals surface area contributed by atoms with Gasteiger partial charge in [0.2, 0.25) is 11.5 Å². The van der Waals surface area contributed by atoms with Crippen molar-refractivity contribution in [3.05, 3.63) is 52.4 Å².